The second-order valence-electron chi connectivity index (χ2n) is 5.15. The molecular weight excluding hydrogens is 292 g/mol. The van der Waals surface area contributed by atoms with Crippen LogP contribution in [0.15, 0.2) is 12.2 Å². The monoisotopic (exact) mass is 318 g/mol. The number of hydrogen-bond donors (Lipinski definition) is 0. The highest BCUT2D eigenvalue weighted by Gasteiger charge is 2.54. The van der Waals surface area contributed by atoms with Gasteiger partial charge in [-0.2, -0.15) is 0 Å². The maximum absolute atomic E-state index is 11.9. The molecule has 1 fully saturated rings. The number of ether oxygens (including phenoxy) is 6. The molecule has 0 spiro atoms. The second kappa shape index (κ2) is 8.59. The van der Waals surface area contributed by atoms with E-state index in [1.807, 2.05) is 0 Å². The van der Waals surface area contributed by atoms with E-state index in [1.54, 1.807) is 28.3 Å². The fourth-order valence-corrected chi connectivity index (χ4v) is 2.82. The molecule has 0 N–H and O–H groups in total. The molecule has 1 rings (SSSR count). The molecule has 128 valence electrons. The van der Waals surface area contributed by atoms with Crippen LogP contribution in [-0.4, -0.2) is 78.1 Å². The van der Waals surface area contributed by atoms with E-state index < -0.39 is 42.6 Å². The van der Waals surface area contributed by atoms with E-state index in [1.165, 1.54) is 14.2 Å². The first-order valence-corrected chi connectivity index (χ1v) is 6.97. The Morgan fingerprint density at radius 2 is 0.955 bits per heavy atom. The normalized spacial score (nSPS) is 35.2. The maximum atomic E-state index is 11.9. The van der Waals surface area contributed by atoms with Crippen LogP contribution < -0.4 is 0 Å². The Morgan fingerprint density at radius 1 is 0.682 bits per heavy atom. The lowest BCUT2D eigenvalue weighted by molar-refractivity contribution is -0.257. The SMILES string of the molecule is C=C(C)C(=O)OC1C(OC)C(OC)C(OC)C(OC)C1OC. The van der Waals surface area contributed by atoms with Gasteiger partial charge in [-0.05, 0) is 6.92 Å². The zero-order valence-corrected chi connectivity index (χ0v) is 14.0. The molecular formula is C15H26O7. The third-order valence-corrected chi connectivity index (χ3v) is 3.90. The van der Waals surface area contributed by atoms with E-state index in [2.05, 4.69) is 6.58 Å². The molecule has 22 heavy (non-hydrogen) atoms. The van der Waals surface area contributed by atoms with Gasteiger partial charge in [0.2, 0.25) is 0 Å². The van der Waals surface area contributed by atoms with Crippen molar-refractivity contribution in [3.63, 3.8) is 0 Å². The van der Waals surface area contributed by atoms with Crippen molar-refractivity contribution in [1.29, 1.82) is 0 Å². The molecule has 0 bridgehead atoms. The number of hydrogen-bond acceptors (Lipinski definition) is 7. The summed E-state index contributed by atoms with van der Waals surface area (Å²) in [5.41, 5.74) is 0.293. The zero-order chi connectivity index (χ0) is 16.9. The molecule has 0 saturated heterocycles. The fourth-order valence-electron chi connectivity index (χ4n) is 2.82. The average molecular weight is 318 g/mol. The Bertz CT molecular complexity index is 364. The Kier molecular flexibility index (Phi) is 7.44. The van der Waals surface area contributed by atoms with Crippen LogP contribution in [0.2, 0.25) is 0 Å². The summed E-state index contributed by atoms with van der Waals surface area (Å²) in [7, 11) is 7.68. The highest BCUT2D eigenvalue weighted by molar-refractivity contribution is 5.87. The van der Waals surface area contributed by atoms with Crippen LogP contribution in [0.1, 0.15) is 6.92 Å². The summed E-state index contributed by atoms with van der Waals surface area (Å²) < 4.78 is 33.0. The van der Waals surface area contributed by atoms with E-state index >= 15 is 0 Å². The predicted octanol–water partition coefficient (Wildman–Crippen LogP) is 0.563. The minimum atomic E-state index is -0.708. The molecule has 0 aromatic heterocycles. The summed E-state index contributed by atoms with van der Waals surface area (Å²) in [6.45, 7) is 5.17. The molecule has 1 aliphatic rings. The summed E-state index contributed by atoms with van der Waals surface area (Å²) in [5, 5.41) is 0. The van der Waals surface area contributed by atoms with Crippen LogP contribution in [0.4, 0.5) is 0 Å². The molecule has 0 amide bonds. The summed E-state index contributed by atoms with van der Waals surface area (Å²) in [6, 6.07) is 0. The van der Waals surface area contributed by atoms with Crippen molar-refractivity contribution in [2.45, 2.75) is 43.5 Å². The van der Waals surface area contributed by atoms with Crippen molar-refractivity contribution in [2.75, 3.05) is 35.5 Å². The molecule has 1 aliphatic carbocycles. The molecule has 7 heteroatoms. The van der Waals surface area contributed by atoms with Gasteiger partial charge in [-0.1, -0.05) is 6.58 Å². The number of methoxy groups -OCH3 is 5. The van der Waals surface area contributed by atoms with Gasteiger partial charge in [0.25, 0.3) is 0 Å². The predicted molar refractivity (Wildman–Crippen MR) is 78.7 cm³/mol. The zero-order valence-electron chi connectivity index (χ0n) is 14.0. The molecule has 0 radical (unpaired) electrons. The highest BCUT2D eigenvalue weighted by Crippen LogP contribution is 2.32. The fraction of sp³-hybridized carbons (Fsp3) is 0.800. The van der Waals surface area contributed by atoms with Crippen molar-refractivity contribution < 1.29 is 33.2 Å². The van der Waals surface area contributed by atoms with E-state index in [0.717, 1.165) is 0 Å². The summed E-state index contributed by atoms with van der Waals surface area (Å²) >= 11 is 0. The Morgan fingerprint density at radius 3 is 1.18 bits per heavy atom. The van der Waals surface area contributed by atoms with Crippen LogP contribution in [0.3, 0.4) is 0 Å². The van der Waals surface area contributed by atoms with Gasteiger partial charge < -0.3 is 28.4 Å². The molecule has 0 heterocycles. The number of carbonyl (C=O) groups is 1. The standard InChI is InChI=1S/C15H26O7/c1-8(2)15(16)22-14-12(20-6)10(18-4)9(17-3)11(19-5)13(14)21-7/h9-14H,1H2,2-7H3. The van der Waals surface area contributed by atoms with Crippen molar-refractivity contribution in [1.82, 2.24) is 0 Å². The van der Waals surface area contributed by atoms with Crippen molar-refractivity contribution >= 4 is 5.97 Å². The first kappa shape index (κ1) is 19.1. The van der Waals surface area contributed by atoms with E-state index in [-0.39, 0.29) is 0 Å². The smallest absolute Gasteiger partial charge is 0.333 e. The Labute approximate surface area is 131 Å². The summed E-state index contributed by atoms with van der Waals surface area (Å²) in [5.74, 6) is -0.519. The molecule has 4 atom stereocenters. The van der Waals surface area contributed by atoms with Gasteiger partial charge in [-0.3, -0.25) is 0 Å². The van der Waals surface area contributed by atoms with Gasteiger partial charge in [-0.15, -0.1) is 0 Å². The lowest BCUT2D eigenvalue weighted by Crippen LogP contribution is -2.67. The second-order valence-corrected chi connectivity index (χ2v) is 5.15. The largest absolute Gasteiger partial charge is 0.453 e. The van der Waals surface area contributed by atoms with Crippen LogP contribution in [0.5, 0.6) is 0 Å². The molecule has 0 aromatic rings. The topological polar surface area (TPSA) is 72.5 Å². The van der Waals surface area contributed by atoms with Crippen molar-refractivity contribution in [3.8, 4) is 0 Å². The van der Waals surface area contributed by atoms with Gasteiger partial charge in [0.05, 0.1) is 0 Å². The van der Waals surface area contributed by atoms with Gasteiger partial charge in [0.15, 0.2) is 6.10 Å². The van der Waals surface area contributed by atoms with Crippen molar-refractivity contribution in [2.24, 2.45) is 0 Å². The van der Waals surface area contributed by atoms with E-state index in [9.17, 15) is 4.79 Å². The minimum absolute atomic E-state index is 0.293. The van der Waals surface area contributed by atoms with E-state index in [4.69, 9.17) is 28.4 Å². The lowest BCUT2D eigenvalue weighted by atomic mass is 9.84. The number of esters is 1. The Balaban J connectivity index is 3.17. The van der Waals surface area contributed by atoms with Crippen LogP contribution >= 0.6 is 0 Å². The van der Waals surface area contributed by atoms with Gasteiger partial charge >= 0.3 is 5.97 Å². The molecule has 0 aromatic carbocycles. The quantitative estimate of drug-likeness (QED) is 0.502. The molecule has 4 unspecified atom stereocenters. The average Bonchev–Trinajstić information content (AvgIpc) is 2.52. The first-order valence-electron chi connectivity index (χ1n) is 6.97. The summed E-state index contributed by atoms with van der Waals surface area (Å²) in [4.78, 5) is 11.9. The van der Waals surface area contributed by atoms with Crippen LogP contribution in [0, 0.1) is 0 Å². The number of carbonyl (C=O) groups excluding carboxylic acids is 1. The Hall–Kier alpha value is -0.990. The van der Waals surface area contributed by atoms with Gasteiger partial charge in [0.1, 0.15) is 30.5 Å². The highest BCUT2D eigenvalue weighted by atomic mass is 16.6. The minimum Gasteiger partial charge on any atom is -0.453 e. The summed E-state index contributed by atoms with van der Waals surface area (Å²) in [6.07, 6.45) is -3.21. The first-order chi connectivity index (χ1) is 10.5. The van der Waals surface area contributed by atoms with Gasteiger partial charge in [-0.25, -0.2) is 4.79 Å². The molecule has 7 nitrogen and oxygen atoms in total. The lowest BCUT2D eigenvalue weighted by Gasteiger charge is -2.47. The van der Waals surface area contributed by atoms with Gasteiger partial charge in [0, 0.05) is 41.1 Å². The molecule has 0 aliphatic heterocycles. The maximum Gasteiger partial charge on any atom is 0.333 e. The number of rotatable bonds is 7. The van der Waals surface area contributed by atoms with Crippen LogP contribution in [-0.2, 0) is 33.2 Å². The van der Waals surface area contributed by atoms with E-state index in [0.29, 0.717) is 5.57 Å². The third-order valence-electron chi connectivity index (χ3n) is 3.90. The molecule has 1 saturated carbocycles. The van der Waals surface area contributed by atoms with Crippen molar-refractivity contribution in [3.05, 3.63) is 12.2 Å². The van der Waals surface area contributed by atoms with Crippen LogP contribution in [0.25, 0.3) is 0 Å². The third kappa shape index (κ3) is 3.67.